The van der Waals surface area contributed by atoms with E-state index in [1.807, 2.05) is 31.2 Å². The zero-order chi connectivity index (χ0) is 15.5. The molecule has 0 aliphatic carbocycles. The van der Waals surface area contributed by atoms with Crippen LogP contribution in [0, 0.1) is 0 Å². The maximum atomic E-state index is 12.8. The molecule has 1 aromatic heterocycles. The van der Waals surface area contributed by atoms with Crippen LogP contribution in [0.4, 0.5) is 19.0 Å². The number of aromatic nitrogens is 1. The SMILES string of the molecule is CCCN(CC(F)(F)F)c1nc2ccccc2cc1CCl. The van der Waals surface area contributed by atoms with Crippen molar-refractivity contribution in [2.75, 3.05) is 18.0 Å². The smallest absolute Gasteiger partial charge is 0.347 e. The second kappa shape index (κ2) is 6.52. The molecule has 1 aromatic carbocycles. The monoisotopic (exact) mass is 316 g/mol. The first-order valence-electron chi connectivity index (χ1n) is 6.71. The van der Waals surface area contributed by atoms with E-state index in [0.717, 1.165) is 5.39 Å². The van der Waals surface area contributed by atoms with Gasteiger partial charge in [-0.05, 0) is 18.6 Å². The normalized spacial score (nSPS) is 11.9. The maximum absolute atomic E-state index is 12.8. The Bertz CT molecular complexity index is 613. The molecular formula is C15H16ClF3N2. The second-order valence-corrected chi connectivity index (χ2v) is 5.10. The quantitative estimate of drug-likeness (QED) is 0.740. The number of alkyl halides is 4. The van der Waals surface area contributed by atoms with Crippen molar-refractivity contribution < 1.29 is 13.2 Å². The maximum Gasteiger partial charge on any atom is 0.405 e. The molecule has 114 valence electrons. The van der Waals surface area contributed by atoms with Crippen LogP contribution in [0.5, 0.6) is 0 Å². The largest absolute Gasteiger partial charge is 0.405 e. The van der Waals surface area contributed by atoms with Crippen LogP contribution in [-0.2, 0) is 5.88 Å². The molecule has 0 aliphatic rings. The fourth-order valence-electron chi connectivity index (χ4n) is 2.27. The van der Waals surface area contributed by atoms with Crippen molar-refractivity contribution in [1.82, 2.24) is 4.98 Å². The molecule has 0 saturated heterocycles. The summed E-state index contributed by atoms with van der Waals surface area (Å²) in [5.74, 6) is 0.452. The third-order valence-electron chi connectivity index (χ3n) is 3.09. The van der Waals surface area contributed by atoms with Crippen LogP contribution < -0.4 is 4.90 Å². The highest BCUT2D eigenvalue weighted by atomic mass is 35.5. The number of nitrogens with zero attached hydrogens (tertiary/aromatic N) is 2. The standard InChI is InChI=1S/C15H16ClF3N2/c1-2-7-21(10-15(17,18)19)14-12(9-16)8-11-5-3-4-6-13(11)20-14/h3-6,8H,2,7,9-10H2,1H3. The first kappa shape index (κ1) is 15.9. The van der Waals surface area contributed by atoms with Gasteiger partial charge >= 0.3 is 6.18 Å². The molecule has 2 rings (SSSR count). The third-order valence-corrected chi connectivity index (χ3v) is 3.38. The summed E-state index contributed by atoms with van der Waals surface area (Å²) in [6, 6.07) is 9.14. The van der Waals surface area contributed by atoms with E-state index in [4.69, 9.17) is 11.6 Å². The topological polar surface area (TPSA) is 16.1 Å². The predicted molar refractivity (Wildman–Crippen MR) is 79.9 cm³/mol. The number of halogens is 4. The fraction of sp³-hybridized carbons (Fsp3) is 0.400. The highest BCUT2D eigenvalue weighted by Gasteiger charge is 2.31. The highest BCUT2D eigenvalue weighted by molar-refractivity contribution is 6.17. The lowest BCUT2D eigenvalue weighted by Crippen LogP contribution is -2.36. The Kier molecular flexibility index (Phi) is 4.93. The molecule has 0 radical (unpaired) electrons. The lowest BCUT2D eigenvalue weighted by Gasteiger charge is -2.26. The van der Waals surface area contributed by atoms with E-state index in [-0.39, 0.29) is 12.4 Å². The highest BCUT2D eigenvalue weighted by Crippen LogP contribution is 2.28. The lowest BCUT2D eigenvalue weighted by molar-refractivity contribution is -0.119. The number of hydrogen-bond donors (Lipinski definition) is 0. The second-order valence-electron chi connectivity index (χ2n) is 4.83. The summed E-state index contributed by atoms with van der Waals surface area (Å²) >= 11 is 5.90. The first-order valence-corrected chi connectivity index (χ1v) is 7.24. The van der Waals surface area contributed by atoms with Gasteiger partial charge in [0, 0.05) is 17.5 Å². The molecule has 2 aromatic rings. The minimum Gasteiger partial charge on any atom is -0.347 e. The predicted octanol–water partition coefficient (Wildman–Crippen LogP) is 4.75. The number of para-hydroxylation sites is 1. The molecule has 0 N–H and O–H groups in total. The van der Waals surface area contributed by atoms with Gasteiger partial charge in [-0.25, -0.2) is 4.98 Å². The van der Waals surface area contributed by atoms with E-state index in [2.05, 4.69) is 4.98 Å². The lowest BCUT2D eigenvalue weighted by atomic mass is 10.1. The van der Waals surface area contributed by atoms with Crippen LogP contribution >= 0.6 is 11.6 Å². The molecule has 0 atom stereocenters. The van der Waals surface area contributed by atoms with E-state index < -0.39 is 12.7 Å². The molecule has 0 amide bonds. The fourth-order valence-corrected chi connectivity index (χ4v) is 2.46. The number of fused-ring (bicyclic) bond motifs is 1. The molecule has 0 spiro atoms. The van der Waals surface area contributed by atoms with Crippen molar-refractivity contribution in [1.29, 1.82) is 0 Å². The van der Waals surface area contributed by atoms with Crippen LogP contribution in [0.25, 0.3) is 10.9 Å². The van der Waals surface area contributed by atoms with Crippen LogP contribution in [-0.4, -0.2) is 24.2 Å². The Morgan fingerprint density at radius 1 is 1.24 bits per heavy atom. The summed E-state index contributed by atoms with van der Waals surface area (Å²) < 4.78 is 38.3. The Hall–Kier alpha value is -1.49. The Morgan fingerprint density at radius 2 is 1.95 bits per heavy atom. The third kappa shape index (κ3) is 4.00. The number of anilines is 1. The van der Waals surface area contributed by atoms with Gasteiger partial charge in [0.1, 0.15) is 12.4 Å². The van der Waals surface area contributed by atoms with Crippen LogP contribution in [0.15, 0.2) is 30.3 Å². The zero-order valence-corrected chi connectivity index (χ0v) is 12.4. The molecule has 0 fully saturated rings. The Morgan fingerprint density at radius 3 is 2.57 bits per heavy atom. The van der Waals surface area contributed by atoms with Gasteiger partial charge in [-0.3, -0.25) is 0 Å². The molecular weight excluding hydrogens is 301 g/mol. The molecule has 0 aliphatic heterocycles. The molecule has 2 nitrogen and oxygen atoms in total. The van der Waals surface area contributed by atoms with E-state index >= 15 is 0 Å². The van der Waals surface area contributed by atoms with Crippen molar-refractivity contribution in [3.8, 4) is 0 Å². The van der Waals surface area contributed by atoms with Gasteiger partial charge in [-0.2, -0.15) is 13.2 Å². The van der Waals surface area contributed by atoms with Crippen LogP contribution in [0.2, 0.25) is 0 Å². The Balaban J connectivity index is 2.49. The minimum absolute atomic E-state index is 0.130. The van der Waals surface area contributed by atoms with Gasteiger partial charge in [-0.1, -0.05) is 25.1 Å². The van der Waals surface area contributed by atoms with Crippen molar-refractivity contribution >= 4 is 28.3 Å². The van der Waals surface area contributed by atoms with Gasteiger partial charge < -0.3 is 4.90 Å². The minimum atomic E-state index is -4.27. The van der Waals surface area contributed by atoms with Gasteiger partial charge in [0.25, 0.3) is 0 Å². The van der Waals surface area contributed by atoms with E-state index in [1.54, 1.807) is 6.07 Å². The summed E-state index contributed by atoms with van der Waals surface area (Å²) in [6.07, 6.45) is -3.67. The van der Waals surface area contributed by atoms with E-state index in [1.165, 1.54) is 4.90 Å². The molecule has 1 heterocycles. The van der Waals surface area contributed by atoms with Crippen molar-refractivity contribution in [2.24, 2.45) is 0 Å². The van der Waals surface area contributed by atoms with Crippen LogP contribution in [0.1, 0.15) is 18.9 Å². The average Bonchev–Trinajstić information content (AvgIpc) is 2.44. The molecule has 6 heteroatoms. The van der Waals surface area contributed by atoms with Gasteiger partial charge in [0.2, 0.25) is 0 Å². The summed E-state index contributed by atoms with van der Waals surface area (Å²) in [5, 5.41) is 0.875. The number of pyridine rings is 1. The number of rotatable bonds is 5. The molecule has 0 bridgehead atoms. The van der Waals surface area contributed by atoms with Crippen molar-refractivity contribution in [3.63, 3.8) is 0 Å². The summed E-state index contributed by atoms with van der Waals surface area (Å²) in [5.41, 5.74) is 1.29. The van der Waals surface area contributed by atoms with Crippen molar-refractivity contribution in [2.45, 2.75) is 25.4 Å². The molecule has 0 unspecified atom stereocenters. The first-order chi connectivity index (χ1) is 9.94. The van der Waals surface area contributed by atoms with Gasteiger partial charge in [0.05, 0.1) is 11.4 Å². The van der Waals surface area contributed by atoms with E-state index in [9.17, 15) is 13.2 Å². The number of benzene rings is 1. The zero-order valence-electron chi connectivity index (χ0n) is 11.6. The number of hydrogen-bond acceptors (Lipinski definition) is 2. The van der Waals surface area contributed by atoms with Crippen LogP contribution in [0.3, 0.4) is 0 Å². The molecule has 0 saturated carbocycles. The summed E-state index contributed by atoms with van der Waals surface area (Å²) in [6.45, 7) is 1.11. The summed E-state index contributed by atoms with van der Waals surface area (Å²) in [7, 11) is 0. The average molecular weight is 317 g/mol. The molecule has 21 heavy (non-hydrogen) atoms. The van der Waals surface area contributed by atoms with E-state index in [0.29, 0.717) is 23.3 Å². The van der Waals surface area contributed by atoms with Crippen molar-refractivity contribution in [3.05, 3.63) is 35.9 Å². The van der Waals surface area contributed by atoms with Gasteiger partial charge in [0.15, 0.2) is 0 Å². The Labute approximate surface area is 126 Å². The van der Waals surface area contributed by atoms with Gasteiger partial charge in [-0.15, -0.1) is 11.6 Å². The summed E-state index contributed by atoms with van der Waals surface area (Å²) in [4.78, 5) is 5.64.